The molecule has 1 aromatic carbocycles. The van der Waals surface area contributed by atoms with Gasteiger partial charge >= 0.3 is 0 Å². The van der Waals surface area contributed by atoms with Gasteiger partial charge in [-0.25, -0.2) is 9.07 Å². The molecule has 0 saturated heterocycles. The highest BCUT2D eigenvalue weighted by Gasteiger charge is 2.18. The van der Waals surface area contributed by atoms with Crippen LogP contribution in [0.1, 0.15) is 40.9 Å². The first-order chi connectivity index (χ1) is 17.2. The van der Waals surface area contributed by atoms with Crippen LogP contribution < -0.4 is 16.6 Å². The molecule has 0 spiro atoms. The van der Waals surface area contributed by atoms with Gasteiger partial charge in [0.15, 0.2) is 0 Å². The summed E-state index contributed by atoms with van der Waals surface area (Å²) in [4.78, 5) is 27.8. The number of nitrogens with two attached hydrogens (primary N) is 1. The van der Waals surface area contributed by atoms with Gasteiger partial charge in [-0.1, -0.05) is 0 Å². The van der Waals surface area contributed by atoms with E-state index in [1.54, 1.807) is 11.7 Å². The summed E-state index contributed by atoms with van der Waals surface area (Å²) in [7, 11) is 1.78. The number of H-pyrrole nitrogens is 1. The molecule has 0 saturated carbocycles. The first kappa shape index (κ1) is 24.7. The fourth-order valence-corrected chi connectivity index (χ4v) is 4.42. The molecule has 4 aromatic rings. The maximum absolute atomic E-state index is 13.2. The Labute approximate surface area is 206 Å². The summed E-state index contributed by atoms with van der Waals surface area (Å²) < 4.78 is 16.3. The minimum absolute atomic E-state index is 0.171. The van der Waals surface area contributed by atoms with Crippen LogP contribution in [0.15, 0.2) is 29.1 Å². The number of amides is 1. The highest BCUT2D eigenvalue weighted by molar-refractivity contribution is 5.83. The molecule has 0 bridgehead atoms. The van der Waals surface area contributed by atoms with Gasteiger partial charge in [0.25, 0.3) is 5.56 Å². The number of nitriles is 1. The van der Waals surface area contributed by atoms with Gasteiger partial charge in [0.05, 0.1) is 17.1 Å². The molecule has 3 aromatic heterocycles. The van der Waals surface area contributed by atoms with Crippen molar-refractivity contribution in [1.82, 2.24) is 29.9 Å². The number of anilines is 1. The summed E-state index contributed by atoms with van der Waals surface area (Å²) in [6.45, 7) is 4.14. The van der Waals surface area contributed by atoms with Gasteiger partial charge in [0.1, 0.15) is 28.9 Å². The van der Waals surface area contributed by atoms with Gasteiger partial charge in [-0.15, -0.1) is 0 Å². The molecule has 0 radical (unpaired) electrons. The Bertz CT molecular complexity index is 1540. The zero-order valence-corrected chi connectivity index (χ0v) is 20.4. The fourth-order valence-electron chi connectivity index (χ4n) is 4.42. The molecule has 0 aliphatic heterocycles. The van der Waals surface area contributed by atoms with Crippen molar-refractivity contribution in [1.29, 1.82) is 5.26 Å². The van der Waals surface area contributed by atoms with E-state index in [1.807, 2.05) is 13.8 Å². The van der Waals surface area contributed by atoms with Crippen molar-refractivity contribution in [2.45, 2.75) is 39.5 Å². The number of hydrogen-bond donors (Lipinski definition) is 3. The van der Waals surface area contributed by atoms with Crippen LogP contribution in [0, 0.1) is 31.0 Å². The second-order valence-electron chi connectivity index (χ2n) is 8.65. The average molecular weight is 491 g/mol. The van der Waals surface area contributed by atoms with Crippen molar-refractivity contribution >= 4 is 22.8 Å². The van der Waals surface area contributed by atoms with Crippen molar-refractivity contribution in [3.63, 3.8) is 0 Å². The molecular formula is C25H27FN8O2. The number of hydrogen-bond acceptors (Lipinski definition) is 6. The van der Waals surface area contributed by atoms with E-state index in [1.165, 1.54) is 28.9 Å². The third-order valence-corrected chi connectivity index (χ3v) is 6.25. The second kappa shape index (κ2) is 10.0. The summed E-state index contributed by atoms with van der Waals surface area (Å²) >= 11 is 0. The molecule has 1 amide bonds. The van der Waals surface area contributed by atoms with Crippen LogP contribution in [0.5, 0.6) is 0 Å². The summed E-state index contributed by atoms with van der Waals surface area (Å²) in [6.07, 6.45) is 1.46. The monoisotopic (exact) mass is 490 g/mol. The standard InChI is InChI=1S/C25H27FN8O2/c1-14-18(25(36)30-24-22(14)15(2)31-33(24)3)10-11-21(35)29-12-4-5-20-19(13-27)23(28)34(32-20)17-8-6-16(26)7-9-17/h6-9H,4-5,10-12,28H2,1-3H3,(H,29,35)(H,30,36). The Morgan fingerprint density at radius 1 is 1.22 bits per heavy atom. The first-order valence-electron chi connectivity index (χ1n) is 11.6. The Balaban J connectivity index is 1.34. The largest absolute Gasteiger partial charge is 0.382 e. The molecular weight excluding hydrogens is 463 g/mol. The van der Waals surface area contributed by atoms with Crippen molar-refractivity contribution in [2.75, 3.05) is 12.3 Å². The number of pyridine rings is 1. The first-order valence-corrected chi connectivity index (χ1v) is 11.6. The number of nitrogens with one attached hydrogen (secondary N) is 2. The lowest BCUT2D eigenvalue weighted by atomic mass is 10.0. The molecule has 36 heavy (non-hydrogen) atoms. The molecule has 0 atom stereocenters. The minimum Gasteiger partial charge on any atom is -0.382 e. The highest BCUT2D eigenvalue weighted by Crippen LogP contribution is 2.22. The van der Waals surface area contributed by atoms with E-state index in [0.717, 1.165) is 16.6 Å². The lowest BCUT2D eigenvalue weighted by Crippen LogP contribution is -2.26. The molecule has 4 rings (SSSR count). The van der Waals surface area contributed by atoms with Crippen LogP contribution in [-0.4, -0.2) is 37.0 Å². The van der Waals surface area contributed by atoms with E-state index in [2.05, 4.69) is 26.6 Å². The Hall–Kier alpha value is -4.46. The summed E-state index contributed by atoms with van der Waals surface area (Å²) in [5.74, 6) is -0.369. The van der Waals surface area contributed by atoms with Gasteiger partial charge in [-0.05, 0) is 62.9 Å². The van der Waals surface area contributed by atoms with Crippen molar-refractivity contribution in [2.24, 2.45) is 7.05 Å². The van der Waals surface area contributed by atoms with Crippen molar-refractivity contribution in [3.05, 3.63) is 68.5 Å². The van der Waals surface area contributed by atoms with Gasteiger partial charge in [0, 0.05) is 31.0 Å². The number of carbonyl (C=O) groups excluding carboxylic acids is 1. The van der Waals surface area contributed by atoms with Crippen LogP contribution in [0.4, 0.5) is 10.2 Å². The Kier molecular flexibility index (Phi) is 6.87. The number of carbonyl (C=O) groups is 1. The van der Waals surface area contributed by atoms with Crippen LogP contribution in [0.25, 0.3) is 16.7 Å². The van der Waals surface area contributed by atoms with Crippen LogP contribution in [0.3, 0.4) is 0 Å². The van der Waals surface area contributed by atoms with Crippen LogP contribution in [0.2, 0.25) is 0 Å². The number of rotatable bonds is 8. The summed E-state index contributed by atoms with van der Waals surface area (Å²) in [5.41, 5.74) is 10.1. The second-order valence-corrected chi connectivity index (χ2v) is 8.65. The van der Waals surface area contributed by atoms with Crippen molar-refractivity contribution in [3.8, 4) is 11.8 Å². The number of aromatic amines is 1. The van der Waals surface area contributed by atoms with E-state index in [4.69, 9.17) is 5.73 Å². The number of nitrogens with zero attached hydrogens (tertiary/aromatic N) is 5. The smallest absolute Gasteiger partial charge is 0.253 e. The molecule has 186 valence electrons. The summed E-state index contributed by atoms with van der Waals surface area (Å²) in [5, 5.41) is 22.0. The summed E-state index contributed by atoms with van der Waals surface area (Å²) in [6, 6.07) is 7.73. The maximum atomic E-state index is 13.2. The number of benzene rings is 1. The molecule has 4 N–H and O–H groups in total. The molecule has 0 aliphatic carbocycles. The Morgan fingerprint density at radius 3 is 2.64 bits per heavy atom. The SMILES string of the molecule is Cc1nn(C)c2[nH]c(=O)c(CCC(=O)NCCCc3nn(-c4ccc(F)cc4)c(N)c3C#N)c(C)c12. The minimum atomic E-state index is -0.381. The number of aryl methyl sites for hydroxylation is 4. The predicted molar refractivity (Wildman–Crippen MR) is 133 cm³/mol. The third kappa shape index (κ3) is 4.70. The van der Waals surface area contributed by atoms with Crippen molar-refractivity contribution < 1.29 is 9.18 Å². The molecule has 0 unspecified atom stereocenters. The zero-order valence-electron chi connectivity index (χ0n) is 20.4. The molecule has 11 heteroatoms. The lowest BCUT2D eigenvalue weighted by Gasteiger charge is -2.08. The van der Waals surface area contributed by atoms with E-state index in [-0.39, 0.29) is 35.1 Å². The van der Waals surface area contributed by atoms with Crippen LogP contribution >= 0.6 is 0 Å². The maximum Gasteiger partial charge on any atom is 0.253 e. The van der Waals surface area contributed by atoms with Gasteiger partial charge in [-0.2, -0.15) is 15.5 Å². The number of halogens is 1. The lowest BCUT2D eigenvalue weighted by molar-refractivity contribution is -0.121. The van der Waals surface area contributed by atoms with E-state index < -0.39 is 0 Å². The van der Waals surface area contributed by atoms with Crippen LogP contribution in [-0.2, 0) is 24.7 Å². The molecule has 10 nitrogen and oxygen atoms in total. The quantitative estimate of drug-likeness (QED) is 0.323. The zero-order chi connectivity index (χ0) is 26.0. The highest BCUT2D eigenvalue weighted by atomic mass is 19.1. The van der Waals surface area contributed by atoms with Gasteiger partial charge in [0.2, 0.25) is 5.91 Å². The predicted octanol–water partition coefficient (Wildman–Crippen LogP) is 2.34. The topological polar surface area (TPSA) is 147 Å². The molecule has 0 aliphatic rings. The average Bonchev–Trinajstić information content (AvgIpc) is 3.31. The molecule has 3 heterocycles. The molecule has 0 fully saturated rings. The third-order valence-electron chi connectivity index (χ3n) is 6.25. The van der Waals surface area contributed by atoms with E-state index in [0.29, 0.717) is 48.4 Å². The normalized spacial score (nSPS) is 11.1. The fraction of sp³-hybridized carbons (Fsp3) is 0.320. The van der Waals surface area contributed by atoms with E-state index in [9.17, 15) is 19.2 Å². The number of nitrogen functional groups attached to an aromatic ring is 1. The van der Waals surface area contributed by atoms with Gasteiger partial charge in [-0.3, -0.25) is 14.3 Å². The Morgan fingerprint density at radius 2 is 1.94 bits per heavy atom. The number of fused-ring (bicyclic) bond motifs is 1. The number of aromatic nitrogens is 5. The van der Waals surface area contributed by atoms with E-state index >= 15 is 0 Å². The van der Waals surface area contributed by atoms with Gasteiger partial charge < -0.3 is 16.0 Å².